The minimum absolute atomic E-state index is 0.0428. The third-order valence-corrected chi connectivity index (χ3v) is 7.67. The SMILES string of the molecule is CC(C)CC1NC(=O)C2(CCN(CCCCCc3ccccc3)CC2)N(Cc2ccccc2)C1=O. The zero-order valence-electron chi connectivity index (χ0n) is 21.4. The van der Waals surface area contributed by atoms with Crippen LogP contribution in [0.4, 0.5) is 0 Å². The highest BCUT2D eigenvalue weighted by molar-refractivity contribution is 6.00. The van der Waals surface area contributed by atoms with E-state index in [0.29, 0.717) is 31.7 Å². The van der Waals surface area contributed by atoms with E-state index in [9.17, 15) is 9.59 Å². The van der Waals surface area contributed by atoms with Crippen molar-refractivity contribution in [3.05, 3.63) is 71.8 Å². The number of rotatable bonds is 10. The lowest BCUT2D eigenvalue weighted by Crippen LogP contribution is -2.72. The molecule has 2 saturated heterocycles. The van der Waals surface area contributed by atoms with Gasteiger partial charge in [-0.25, -0.2) is 0 Å². The van der Waals surface area contributed by atoms with E-state index in [1.54, 1.807) is 0 Å². The summed E-state index contributed by atoms with van der Waals surface area (Å²) in [5.74, 6) is 0.471. The molecule has 1 N–H and O–H groups in total. The van der Waals surface area contributed by atoms with E-state index in [2.05, 4.69) is 66.5 Å². The van der Waals surface area contributed by atoms with Crippen LogP contribution in [0.15, 0.2) is 60.7 Å². The van der Waals surface area contributed by atoms with E-state index in [0.717, 1.165) is 31.6 Å². The third-order valence-electron chi connectivity index (χ3n) is 7.67. The topological polar surface area (TPSA) is 52.7 Å². The molecule has 188 valence electrons. The maximum atomic E-state index is 13.6. The van der Waals surface area contributed by atoms with Crippen LogP contribution in [-0.2, 0) is 22.6 Å². The van der Waals surface area contributed by atoms with Gasteiger partial charge in [0.05, 0.1) is 0 Å². The van der Waals surface area contributed by atoms with Gasteiger partial charge in [-0.15, -0.1) is 0 Å². The fourth-order valence-electron chi connectivity index (χ4n) is 5.63. The second-order valence-corrected chi connectivity index (χ2v) is 10.7. The summed E-state index contributed by atoms with van der Waals surface area (Å²) in [5.41, 5.74) is 1.76. The van der Waals surface area contributed by atoms with Gasteiger partial charge in [0, 0.05) is 19.6 Å². The van der Waals surface area contributed by atoms with Crippen LogP contribution in [0.5, 0.6) is 0 Å². The Morgan fingerprint density at radius 3 is 2.14 bits per heavy atom. The molecule has 4 rings (SSSR count). The van der Waals surface area contributed by atoms with Crippen molar-refractivity contribution < 1.29 is 9.59 Å². The average molecular weight is 476 g/mol. The van der Waals surface area contributed by atoms with Gasteiger partial charge >= 0.3 is 0 Å². The predicted molar refractivity (Wildman–Crippen MR) is 141 cm³/mol. The number of unbranched alkanes of at least 4 members (excludes halogenated alkanes) is 2. The van der Waals surface area contributed by atoms with Gasteiger partial charge in [0.25, 0.3) is 0 Å². The monoisotopic (exact) mass is 475 g/mol. The molecule has 2 fully saturated rings. The van der Waals surface area contributed by atoms with E-state index in [1.807, 2.05) is 23.1 Å². The van der Waals surface area contributed by atoms with Crippen molar-refractivity contribution in [2.24, 2.45) is 5.92 Å². The normalized spacial score (nSPS) is 20.4. The van der Waals surface area contributed by atoms with Crippen LogP contribution < -0.4 is 5.32 Å². The summed E-state index contributed by atoms with van der Waals surface area (Å²) in [7, 11) is 0. The number of carbonyl (C=O) groups is 2. The molecule has 2 aliphatic rings. The molecule has 2 aromatic rings. The Bertz CT molecular complexity index is 952. The molecule has 1 atom stereocenters. The molecule has 2 aliphatic heterocycles. The molecule has 1 unspecified atom stereocenters. The predicted octanol–water partition coefficient (Wildman–Crippen LogP) is 4.81. The number of nitrogens with one attached hydrogen (secondary N) is 1. The van der Waals surface area contributed by atoms with Crippen molar-refractivity contribution in [1.29, 1.82) is 0 Å². The lowest BCUT2D eigenvalue weighted by molar-refractivity contribution is -0.162. The van der Waals surface area contributed by atoms with Crippen LogP contribution in [0.3, 0.4) is 0 Å². The zero-order chi connectivity index (χ0) is 24.7. The Morgan fingerprint density at radius 1 is 0.886 bits per heavy atom. The first-order valence-electron chi connectivity index (χ1n) is 13.4. The molecule has 2 aromatic carbocycles. The van der Waals surface area contributed by atoms with Gasteiger partial charge in [-0.05, 0) is 62.1 Å². The molecule has 0 bridgehead atoms. The number of carbonyl (C=O) groups excluding carboxylic acids is 2. The number of benzene rings is 2. The summed E-state index contributed by atoms with van der Waals surface area (Å²) in [6.45, 7) is 7.49. The number of likely N-dealkylation sites (tertiary alicyclic amines) is 1. The number of nitrogens with zero attached hydrogens (tertiary/aromatic N) is 2. The Kier molecular flexibility index (Phi) is 8.61. The first-order chi connectivity index (χ1) is 17.0. The highest BCUT2D eigenvalue weighted by Crippen LogP contribution is 2.35. The average Bonchev–Trinajstić information content (AvgIpc) is 2.87. The highest BCUT2D eigenvalue weighted by atomic mass is 16.2. The lowest BCUT2D eigenvalue weighted by Gasteiger charge is -2.52. The molecule has 0 radical (unpaired) electrons. The molecule has 5 nitrogen and oxygen atoms in total. The number of amides is 2. The maximum absolute atomic E-state index is 13.6. The van der Waals surface area contributed by atoms with E-state index < -0.39 is 11.6 Å². The summed E-state index contributed by atoms with van der Waals surface area (Å²) in [5, 5.41) is 3.12. The van der Waals surface area contributed by atoms with Crippen LogP contribution in [0.1, 0.15) is 63.5 Å². The van der Waals surface area contributed by atoms with Crippen LogP contribution in [0.25, 0.3) is 0 Å². The summed E-state index contributed by atoms with van der Waals surface area (Å²) < 4.78 is 0. The van der Waals surface area contributed by atoms with E-state index in [-0.39, 0.29) is 11.8 Å². The quantitative estimate of drug-likeness (QED) is 0.502. The molecule has 0 saturated carbocycles. The van der Waals surface area contributed by atoms with Crippen molar-refractivity contribution in [2.75, 3.05) is 19.6 Å². The van der Waals surface area contributed by atoms with Gasteiger partial charge in [-0.3, -0.25) is 9.59 Å². The standard InChI is InChI=1S/C30H41N3O2/c1-24(2)22-27-28(34)33(23-26-15-8-4-9-16-26)30(29(35)31-27)17-20-32(21-18-30)19-11-5-10-14-25-12-6-3-7-13-25/h3-4,6-9,12-13,15-16,24,27H,5,10-11,14,17-23H2,1-2H3,(H,31,35). The molecule has 5 heteroatoms. The molecule has 2 amide bonds. The molecule has 2 heterocycles. The fourth-order valence-corrected chi connectivity index (χ4v) is 5.63. The van der Waals surface area contributed by atoms with Gasteiger partial charge in [0.1, 0.15) is 11.6 Å². The number of piperidine rings is 1. The summed E-state index contributed by atoms with van der Waals surface area (Å²) in [4.78, 5) is 31.6. The summed E-state index contributed by atoms with van der Waals surface area (Å²) in [6, 6.07) is 20.4. The molecule has 0 aliphatic carbocycles. The van der Waals surface area contributed by atoms with Crippen LogP contribution in [-0.4, -0.2) is 52.8 Å². The molecular formula is C30H41N3O2. The number of hydrogen-bond acceptors (Lipinski definition) is 3. The number of hydrogen-bond donors (Lipinski definition) is 1. The Labute approximate surface area is 210 Å². The molecule has 1 spiro atoms. The third kappa shape index (κ3) is 6.32. The van der Waals surface area contributed by atoms with Crippen LogP contribution >= 0.6 is 0 Å². The van der Waals surface area contributed by atoms with Gasteiger partial charge in [0.2, 0.25) is 11.8 Å². The number of piperazine rings is 1. The van der Waals surface area contributed by atoms with Crippen molar-refractivity contribution >= 4 is 11.8 Å². The zero-order valence-corrected chi connectivity index (χ0v) is 21.4. The highest BCUT2D eigenvalue weighted by Gasteiger charge is 2.53. The van der Waals surface area contributed by atoms with E-state index >= 15 is 0 Å². The smallest absolute Gasteiger partial charge is 0.246 e. The molecular weight excluding hydrogens is 434 g/mol. The van der Waals surface area contributed by atoms with Gasteiger partial charge in [0.15, 0.2) is 0 Å². The molecule has 35 heavy (non-hydrogen) atoms. The van der Waals surface area contributed by atoms with Crippen molar-refractivity contribution in [3.8, 4) is 0 Å². The van der Waals surface area contributed by atoms with Gasteiger partial charge in [-0.1, -0.05) is 80.9 Å². The minimum Gasteiger partial charge on any atom is -0.342 e. The largest absolute Gasteiger partial charge is 0.342 e. The first kappa shape index (κ1) is 25.4. The van der Waals surface area contributed by atoms with Crippen molar-refractivity contribution in [2.45, 2.75) is 76.9 Å². The number of aryl methyl sites for hydroxylation is 1. The van der Waals surface area contributed by atoms with E-state index in [1.165, 1.54) is 24.8 Å². The lowest BCUT2D eigenvalue weighted by atomic mass is 9.80. The molecule has 0 aromatic heterocycles. The van der Waals surface area contributed by atoms with Crippen LogP contribution in [0.2, 0.25) is 0 Å². The first-order valence-corrected chi connectivity index (χ1v) is 13.4. The minimum atomic E-state index is -0.732. The summed E-state index contributed by atoms with van der Waals surface area (Å²) >= 11 is 0. The Morgan fingerprint density at radius 2 is 1.51 bits per heavy atom. The van der Waals surface area contributed by atoms with Crippen molar-refractivity contribution in [1.82, 2.24) is 15.1 Å². The van der Waals surface area contributed by atoms with Gasteiger partial charge < -0.3 is 15.1 Å². The second-order valence-electron chi connectivity index (χ2n) is 10.7. The summed E-state index contributed by atoms with van der Waals surface area (Å²) in [6.07, 6.45) is 6.83. The van der Waals surface area contributed by atoms with Gasteiger partial charge in [-0.2, -0.15) is 0 Å². The maximum Gasteiger partial charge on any atom is 0.246 e. The van der Waals surface area contributed by atoms with Crippen LogP contribution in [0, 0.1) is 5.92 Å². The Balaban J connectivity index is 1.35. The second kappa shape index (κ2) is 11.9. The van der Waals surface area contributed by atoms with Crippen molar-refractivity contribution in [3.63, 3.8) is 0 Å². The van der Waals surface area contributed by atoms with E-state index in [4.69, 9.17) is 0 Å². The Hall–Kier alpha value is -2.66. The fraction of sp³-hybridized carbons (Fsp3) is 0.533.